The van der Waals surface area contributed by atoms with Crippen LogP contribution >= 0.6 is 0 Å². The number of carboxylic acids is 1. The zero-order valence-corrected chi connectivity index (χ0v) is 7.81. The van der Waals surface area contributed by atoms with E-state index in [1.165, 1.54) is 0 Å². The maximum absolute atomic E-state index is 10.5. The number of anilines is 1. The van der Waals surface area contributed by atoms with Crippen LogP contribution in [0.1, 0.15) is 6.42 Å². The van der Waals surface area contributed by atoms with Crippen molar-refractivity contribution >= 4 is 11.7 Å². The van der Waals surface area contributed by atoms with E-state index in [9.17, 15) is 4.79 Å². The summed E-state index contributed by atoms with van der Waals surface area (Å²) in [5.41, 5.74) is 0.902. The topological polar surface area (TPSA) is 49.3 Å². The Balaban J connectivity index is 2.57. The van der Waals surface area contributed by atoms with Gasteiger partial charge in [-0.2, -0.15) is 0 Å². The first-order valence-electron chi connectivity index (χ1n) is 4.38. The van der Waals surface area contributed by atoms with Crippen molar-refractivity contribution in [2.24, 2.45) is 0 Å². The number of hydrogen-bond acceptors (Lipinski definition) is 2. The molecule has 2 N–H and O–H groups in total. The zero-order chi connectivity index (χ0) is 10.4. The summed E-state index contributed by atoms with van der Waals surface area (Å²) in [5.74, 6) is -0.835. The molecule has 0 aliphatic rings. The molecule has 1 unspecified atom stereocenters. The molecule has 0 fully saturated rings. The Bertz CT molecular complexity index is 308. The molecule has 0 saturated carbocycles. The fraction of sp³-hybridized carbons (Fsp3) is 0.182. The van der Waals surface area contributed by atoms with Crippen LogP contribution in [0.15, 0.2) is 43.0 Å². The molecule has 14 heavy (non-hydrogen) atoms. The Labute approximate surface area is 83.1 Å². The van der Waals surface area contributed by atoms with Gasteiger partial charge in [0, 0.05) is 5.69 Å². The monoisotopic (exact) mass is 191 g/mol. The minimum absolute atomic E-state index is 0.0401. The van der Waals surface area contributed by atoms with Gasteiger partial charge in [-0.1, -0.05) is 24.3 Å². The summed E-state index contributed by atoms with van der Waals surface area (Å²) in [5, 5.41) is 11.7. The number of hydrogen-bond donors (Lipinski definition) is 2. The van der Waals surface area contributed by atoms with Crippen molar-refractivity contribution in [1.29, 1.82) is 0 Å². The molecule has 1 aromatic rings. The molecule has 0 aromatic heterocycles. The Morgan fingerprint density at radius 2 is 2.14 bits per heavy atom. The SMILES string of the molecule is C=CC(CC(=O)O)Nc1ccccc1. The molecule has 1 rings (SSSR count). The molecule has 0 aliphatic heterocycles. The van der Waals surface area contributed by atoms with Gasteiger partial charge in [0.25, 0.3) is 0 Å². The summed E-state index contributed by atoms with van der Waals surface area (Å²) in [6, 6.07) is 9.24. The first kappa shape index (κ1) is 10.3. The van der Waals surface area contributed by atoms with Crippen molar-refractivity contribution in [3.05, 3.63) is 43.0 Å². The Kier molecular flexibility index (Phi) is 3.73. The van der Waals surface area contributed by atoms with Gasteiger partial charge >= 0.3 is 5.97 Å². The van der Waals surface area contributed by atoms with E-state index < -0.39 is 5.97 Å². The van der Waals surface area contributed by atoms with Crippen LogP contribution in [0.4, 0.5) is 5.69 Å². The average molecular weight is 191 g/mol. The highest BCUT2D eigenvalue weighted by Crippen LogP contribution is 2.09. The molecule has 3 nitrogen and oxygen atoms in total. The van der Waals surface area contributed by atoms with Gasteiger partial charge < -0.3 is 10.4 Å². The summed E-state index contributed by atoms with van der Waals surface area (Å²) in [4.78, 5) is 10.5. The maximum Gasteiger partial charge on any atom is 0.305 e. The summed E-state index contributed by atoms with van der Waals surface area (Å²) in [6.07, 6.45) is 1.64. The molecule has 0 amide bonds. The van der Waals surface area contributed by atoms with Gasteiger partial charge in [-0.3, -0.25) is 4.79 Å². The highest BCUT2D eigenvalue weighted by atomic mass is 16.4. The van der Waals surface area contributed by atoms with Gasteiger partial charge in [-0.25, -0.2) is 0 Å². The lowest BCUT2D eigenvalue weighted by Crippen LogP contribution is -2.20. The predicted octanol–water partition coefficient (Wildman–Crippen LogP) is 2.13. The maximum atomic E-state index is 10.5. The molecule has 0 aliphatic carbocycles. The van der Waals surface area contributed by atoms with Gasteiger partial charge in [-0.15, -0.1) is 6.58 Å². The smallest absolute Gasteiger partial charge is 0.305 e. The number of aliphatic carboxylic acids is 1. The molecular weight excluding hydrogens is 178 g/mol. The number of nitrogens with one attached hydrogen (secondary N) is 1. The number of rotatable bonds is 5. The van der Waals surface area contributed by atoms with Crippen LogP contribution in [-0.4, -0.2) is 17.1 Å². The molecule has 3 heteroatoms. The second-order valence-electron chi connectivity index (χ2n) is 2.95. The van der Waals surface area contributed by atoms with Crippen molar-refractivity contribution < 1.29 is 9.90 Å². The highest BCUT2D eigenvalue weighted by Gasteiger charge is 2.08. The molecule has 74 valence electrons. The van der Waals surface area contributed by atoms with Crippen LogP contribution in [0, 0.1) is 0 Å². The predicted molar refractivity (Wildman–Crippen MR) is 56.3 cm³/mol. The lowest BCUT2D eigenvalue weighted by Gasteiger charge is -2.13. The van der Waals surface area contributed by atoms with Crippen molar-refractivity contribution in [1.82, 2.24) is 0 Å². The van der Waals surface area contributed by atoms with Crippen LogP contribution in [0.5, 0.6) is 0 Å². The van der Waals surface area contributed by atoms with E-state index in [1.54, 1.807) is 6.08 Å². The van der Waals surface area contributed by atoms with E-state index in [4.69, 9.17) is 5.11 Å². The van der Waals surface area contributed by atoms with E-state index >= 15 is 0 Å². The molecular formula is C11H13NO2. The van der Waals surface area contributed by atoms with Crippen molar-refractivity contribution in [2.75, 3.05) is 5.32 Å². The Morgan fingerprint density at radius 3 is 2.64 bits per heavy atom. The number of carbonyl (C=O) groups is 1. The van der Waals surface area contributed by atoms with Gasteiger partial charge in [-0.05, 0) is 12.1 Å². The second kappa shape index (κ2) is 5.07. The largest absolute Gasteiger partial charge is 0.481 e. The quantitative estimate of drug-likeness (QED) is 0.701. The van der Waals surface area contributed by atoms with Gasteiger partial charge in [0.05, 0.1) is 12.5 Å². The normalized spacial score (nSPS) is 11.7. The third kappa shape index (κ3) is 3.31. The summed E-state index contributed by atoms with van der Waals surface area (Å²) >= 11 is 0. The van der Waals surface area contributed by atoms with Gasteiger partial charge in [0.2, 0.25) is 0 Å². The fourth-order valence-electron chi connectivity index (χ4n) is 1.13. The van der Waals surface area contributed by atoms with E-state index in [1.807, 2.05) is 30.3 Å². The molecule has 0 bridgehead atoms. The van der Waals surface area contributed by atoms with Crippen LogP contribution in [0.3, 0.4) is 0 Å². The van der Waals surface area contributed by atoms with Crippen molar-refractivity contribution in [3.63, 3.8) is 0 Å². The minimum Gasteiger partial charge on any atom is -0.481 e. The first-order valence-corrected chi connectivity index (χ1v) is 4.38. The van der Waals surface area contributed by atoms with E-state index in [-0.39, 0.29) is 12.5 Å². The van der Waals surface area contributed by atoms with Crippen molar-refractivity contribution in [2.45, 2.75) is 12.5 Å². The third-order valence-electron chi connectivity index (χ3n) is 1.80. The van der Waals surface area contributed by atoms with Gasteiger partial charge in [0.15, 0.2) is 0 Å². The molecule has 0 heterocycles. The van der Waals surface area contributed by atoms with Crippen LogP contribution < -0.4 is 5.32 Å². The van der Waals surface area contributed by atoms with E-state index in [0.29, 0.717) is 0 Å². The summed E-state index contributed by atoms with van der Waals surface area (Å²) < 4.78 is 0. The summed E-state index contributed by atoms with van der Waals surface area (Å²) in [6.45, 7) is 3.58. The van der Waals surface area contributed by atoms with Crippen molar-refractivity contribution in [3.8, 4) is 0 Å². The van der Waals surface area contributed by atoms with E-state index in [2.05, 4.69) is 11.9 Å². The molecule has 1 aromatic carbocycles. The van der Waals surface area contributed by atoms with E-state index in [0.717, 1.165) is 5.69 Å². The van der Waals surface area contributed by atoms with Crippen LogP contribution in [0.2, 0.25) is 0 Å². The lowest BCUT2D eigenvalue weighted by molar-refractivity contribution is -0.137. The number of carboxylic acid groups (broad SMARTS) is 1. The van der Waals surface area contributed by atoms with Crippen LogP contribution in [-0.2, 0) is 4.79 Å². The first-order chi connectivity index (χ1) is 6.72. The zero-order valence-electron chi connectivity index (χ0n) is 7.81. The molecule has 0 radical (unpaired) electrons. The summed E-state index contributed by atoms with van der Waals surface area (Å²) in [7, 11) is 0. The number of benzene rings is 1. The van der Waals surface area contributed by atoms with Crippen LogP contribution in [0.25, 0.3) is 0 Å². The minimum atomic E-state index is -0.835. The third-order valence-corrected chi connectivity index (χ3v) is 1.80. The molecule has 0 spiro atoms. The molecule has 1 atom stereocenters. The highest BCUT2D eigenvalue weighted by molar-refractivity contribution is 5.68. The molecule has 0 saturated heterocycles. The van der Waals surface area contributed by atoms with Gasteiger partial charge in [0.1, 0.15) is 0 Å². The fourth-order valence-corrected chi connectivity index (χ4v) is 1.13. The standard InChI is InChI=1S/C11H13NO2/c1-2-9(8-11(13)14)12-10-6-4-3-5-7-10/h2-7,9,12H,1,8H2,(H,13,14). The second-order valence-corrected chi connectivity index (χ2v) is 2.95. The Hall–Kier alpha value is -1.77. The number of para-hydroxylation sites is 1. The Morgan fingerprint density at radius 1 is 1.50 bits per heavy atom. The lowest BCUT2D eigenvalue weighted by atomic mass is 10.2. The average Bonchev–Trinajstić information content (AvgIpc) is 2.17.